The molecule has 0 aromatic carbocycles. The summed E-state index contributed by atoms with van der Waals surface area (Å²) in [6.45, 7) is 7.39. The molecule has 0 aromatic rings. The predicted octanol–water partition coefficient (Wildman–Crippen LogP) is 3.17. The van der Waals surface area contributed by atoms with Crippen LogP contribution in [0.5, 0.6) is 0 Å². The van der Waals surface area contributed by atoms with Gasteiger partial charge < -0.3 is 5.32 Å². The van der Waals surface area contributed by atoms with Crippen LogP contribution in [0.15, 0.2) is 0 Å². The van der Waals surface area contributed by atoms with Crippen LogP contribution in [0.3, 0.4) is 0 Å². The number of hydrogen-bond donors (Lipinski definition) is 1. The average molecular weight is 250 g/mol. The third kappa shape index (κ3) is 2.46. The quantitative estimate of drug-likeness (QED) is 0.824. The molecule has 0 amide bonds. The van der Waals surface area contributed by atoms with Crippen LogP contribution >= 0.6 is 0 Å². The lowest BCUT2D eigenvalue weighted by Crippen LogP contribution is -2.65. The van der Waals surface area contributed by atoms with Gasteiger partial charge >= 0.3 is 0 Å². The summed E-state index contributed by atoms with van der Waals surface area (Å²) in [6, 6.07) is 1.64. The number of nitrogens with zero attached hydrogens (tertiary/aromatic N) is 1. The number of hydrogen-bond acceptors (Lipinski definition) is 2. The van der Waals surface area contributed by atoms with Gasteiger partial charge in [0.2, 0.25) is 0 Å². The van der Waals surface area contributed by atoms with Crippen LogP contribution in [0.2, 0.25) is 0 Å². The van der Waals surface area contributed by atoms with Crippen molar-refractivity contribution in [2.24, 2.45) is 5.92 Å². The summed E-state index contributed by atoms with van der Waals surface area (Å²) in [5, 5.41) is 3.95. The van der Waals surface area contributed by atoms with Gasteiger partial charge in [0.05, 0.1) is 0 Å². The zero-order valence-corrected chi connectivity index (χ0v) is 12.3. The minimum Gasteiger partial charge on any atom is -0.308 e. The maximum absolute atomic E-state index is 3.95. The maximum atomic E-state index is 3.95. The summed E-state index contributed by atoms with van der Waals surface area (Å²) in [5.74, 6) is 1.01. The first-order valence-corrected chi connectivity index (χ1v) is 8.25. The molecule has 18 heavy (non-hydrogen) atoms. The molecule has 0 aromatic heterocycles. The second-order valence-corrected chi connectivity index (χ2v) is 7.08. The molecule has 2 heteroatoms. The van der Waals surface area contributed by atoms with E-state index in [9.17, 15) is 0 Å². The van der Waals surface area contributed by atoms with Crippen molar-refractivity contribution in [2.45, 2.75) is 82.8 Å². The molecule has 1 spiro atoms. The van der Waals surface area contributed by atoms with Gasteiger partial charge in [-0.1, -0.05) is 26.2 Å². The molecular weight excluding hydrogens is 220 g/mol. The van der Waals surface area contributed by atoms with Crippen LogP contribution in [-0.4, -0.2) is 35.6 Å². The monoisotopic (exact) mass is 250 g/mol. The predicted molar refractivity (Wildman–Crippen MR) is 76.8 cm³/mol. The van der Waals surface area contributed by atoms with Crippen LogP contribution in [0.25, 0.3) is 0 Å². The molecule has 1 saturated heterocycles. The van der Waals surface area contributed by atoms with Crippen molar-refractivity contribution < 1.29 is 0 Å². The molecule has 1 heterocycles. The van der Waals surface area contributed by atoms with Crippen LogP contribution in [0.4, 0.5) is 0 Å². The Labute approximate surface area is 113 Å². The van der Waals surface area contributed by atoms with Crippen molar-refractivity contribution in [3.8, 4) is 0 Å². The maximum Gasteiger partial charge on any atom is 0.0309 e. The van der Waals surface area contributed by atoms with Gasteiger partial charge in [-0.05, 0) is 44.9 Å². The highest BCUT2D eigenvalue weighted by atomic mass is 15.3. The molecule has 0 bridgehead atoms. The molecule has 3 rings (SSSR count). The Balaban J connectivity index is 1.70. The topological polar surface area (TPSA) is 15.3 Å². The molecule has 2 unspecified atom stereocenters. The summed E-state index contributed by atoms with van der Waals surface area (Å²) in [7, 11) is 0. The van der Waals surface area contributed by atoms with E-state index >= 15 is 0 Å². The summed E-state index contributed by atoms with van der Waals surface area (Å²) in [4.78, 5) is 2.89. The molecule has 1 N–H and O–H groups in total. The molecule has 3 fully saturated rings. The second-order valence-electron chi connectivity index (χ2n) is 7.08. The van der Waals surface area contributed by atoms with Gasteiger partial charge in [-0.25, -0.2) is 0 Å². The molecule has 2 saturated carbocycles. The molecular formula is C16H30N2. The van der Waals surface area contributed by atoms with E-state index in [-0.39, 0.29) is 0 Å². The summed E-state index contributed by atoms with van der Waals surface area (Å²) in [5.41, 5.74) is 0.493. The highest BCUT2D eigenvalue weighted by Gasteiger charge is 2.46. The zero-order chi connectivity index (χ0) is 12.6. The van der Waals surface area contributed by atoms with E-state index in [4.69, 9.17) is 0 Å². The van der Waals surface area contributed by atoms with Crippen LogP contribution < -0.4 is 5.32 Å². The molecule has 104 valence electrons. The number of piperazine rings is 1. The van der Waals surface area contributed by atoms with E-state index in [0.29, 0.717) is 5.54 Å². The first-order chi connectivity index (χ1) is 8.74. The normalized spacial score (nSPS) is 34.0. The smallest absolute Gasteiger partial charge is 0.0309 e. The van der Waals surface area contributed by atoms with Gasteiger partial charge in [-0.2, -0.15) is 0 Å². The van der Waals surface area contributed by atoms with Gasteiger partial charge in [-0.15, -0.1) is 0 Å². The van der Waals surface area contributed by atoms with E-state index in [1.807, 2.05) is 0 Å². The first kappa shape index (κ1) is 12.9. The van der Waals surface area contributed by atoms with E-state index in [0.717, 1.165) is 18.0 Å². The van der Waals surface area contributed by atoms with E-state index < -0.39 is 0 Å². The lowest BCUT2D eigenvalue weighted by atomic mass is 9.89. The van der Waals surface area contributed by atoms with Crippen LogP contribution in [0.1, 0.15) is 65.2 Å². The fourth-order valence-electron chi connectivity index (χ4n) is 4.33. The van der Waals surface area contributed by atoms with E-state index in [1.165, 1.54) is 64.5 Å². The number of rotatable bonds is 4. The highest BCUT2D eigenvalue weighted by molar-refractivity contribution is 5.05. The van der Waals surface area contributed by atoms with Crippen molar-refractivity contribution in [3.05, 3.63) is 0 Å². The highest BCUT2D eigenvalue weighted by Crippen LogP contribution is 2.41. The Bertz CT molecular complexity index is 279. The minimum atomic E-state index is 0.493. The van der Waals surface area contributed by atoms with Crippen molar-refractivity contribution in [3.63, 3.8) is 0 Å². The Hall–Kier alpha value is -0.0800. The summed E-state index contributed by atoms with van der Waals surface area (Å²) >= 11 is 0. The molecule has 2 atom stereocenters. The molecule has 2 nitrogen and oxygen atoms in total. The van der Waals surface area contributed by atoms with Gasteiger partial charge in [0.15, 0.2) is 0 Å². The third-order valence-electron chi connectivity index (χ3n) is 5.60. The van der Waals surface area contributed by atoms with Crippen molar-refractivity contribution in [2.75, 3.05) is 13.1 Å². The van der Waals surface area contributed by atoms with Crippen LogP contribution in [0, 0.1) is 5.92 Å². The molecule has 3 aliphatic rings. The SMILES string of the molecule is CCCC(C)N1CC2(CCCC2)NCC1C1CC1. The van der Waals surface area contributed by atoms with Crippen molar-refractivity contribution >= 4 is 0 Å². The van der Waals surface area contributed by atoms with E-state index in [2.05, 4.69) is 24.1 Å². The Morgan fingerprint density at radius 2 is 2.00 bits per heavy atom. The van der Waals surface area contributed by atoms with Gasteiger partial charge in [0.25, 0.3) is 0 Å². The Morgan fingerprint density at radius 1 is 1.28 bits per heavy atom. The van der Waals surface area contributed by atoms with Gasteiger partial charge in [0.1, 0.15) is 0 Å². The van der Waals surface area contributed by atoms with Crippen LogP contribution in [-0.2, 0) is 0 Å². The lowest BCUT2D eigenvalue weighted by molar-refractivity contribution is 0.0352. The lowest BCUT2D eigenvalue weighted by Gasteiger charge is -2.49. The average Bonchev–Trinajstić information content (AvgIpc) is 3.12. The van der Waals surface area contributed by atoms with Gasteiger partial charge in [-0.3, -0.25) is 4.90 Å². The fourth-order valence-corrected chi connectivity index (χ4v) is 4.33. The Kier molecular flexibility index (Phi) is 3.68. The number of nitrogens with one attached hydrogen (secondary N) is 1. The fraction of sp³-hybridized carbons (Fsp3) is 1.00. The van der Waals surface area contributed by atoms with Crippen molar-refractivity contribution in [1.29, 1.82) is 0 Å². The minimum absolute atomic E-state index is 0.493. The van der Waals surface area contributed by atoms with Gasteiger partial charge in [0, 0.05) is 30.7 Å². The first-order valence-electron chi connectivity index (χ1n) is 8.25. The van der Waals surface area contributed by atoms with E-state index in [1.54, 1.807) is 0 Å². The largest absolute Gasteiger partial charge is 0.308 e. The molecule has 1 aliphatic heterocycles. The molecule has 2 aliphatic carbocycles. The third-order valence-corrected chi connectivity index (χ3v) is 5.60. The zero-order valence-electron chi connectivity index (χ0n) is 12.3. The summed E-state index contributed by atoms with van der Waals surface area (Å²) in [6.07, 6.45) is 11.4. The Morgan fingerprint density at radius 3 is 2.61 bits per heavy atom. The van der Waals surface area contributed by atoms with Crippen molar-refractivity contribution in [1.82, 2.24) is 10.2 Å². The summed E-state index contributed by atoms with van der Waals surface area (Å²) < 4.78 is 0. The standard InChI is InChI=1S/C16H30N2/c1-3-6-13(2)18-12-16(9-4-5-10-16)17-11-15(18)14-7-8-14/h13-15,17H,3-12H2,1-2H3. The molecule has 0 radical (unpaired) electrons. The second kappa shape index (κ2) is 5.13.